The third-order valence-electron chi connectivity index (χ3n) is 2.67. The quantitative estimate of drug-likeness (QED) is 0.702. The Bertz CT molecular complexity index is 296. The molecule has 84 valence electrons. The molecule has 1 heterocycles. The van der Waals surface area contributed by atoms with E-state index in [-0.39, 0.29) is 11.8 Å². The van der Waals surface area contributed by atoms with Gasteiger partial charge in [-0.15, -0.1) is 0 Å². The van der Waals surface area contributed by atoms with E-state index in [4.69, 9.17) is 5.73 Å². The van der Waals surface area contributed by atoms with Crippen LogP contribution in [-0.4, -0.2) is 49.5 Å². The Kier molecular flexibility index (Phi) is 3.23. The SMILES string of the molecule is CC(N)CN1CCS(=O)(=O)C(C)(C)C1. The summed E-state index contributed by atoms with van der Waals surface area (Å²) in [7, 11) is -2.91. The molecule has 0 radical (unpaired) electrons. The predicted molar refractivity (Wildman–Crippen MR) is 58.0 cm³/mol. The Balaban J connectivity index is 2.68. The summed E-state index contributed by atoms with van der Waals surface area (Å²) in [6.07, 6.45) is 0. The standard InChI is InChI=1S/C9H20N2O2S/c1-8(10)6-11-4-5-14(12,13)9(2,3)7-11/h8H,4-7,10H2,1-3H3. The molecule has 1 saturated heterocycles. The predicted octanol–water partition coefficient (Wildman–Crippen LogP) is -0.157. The van der Waals surface area contributed by atoms with Gasteiger partial charge in [-0.2, -0.15) is 0 Å². The summed E-state index contributed by atoms with van der Waals surface area (Å²) in [5.41, 5.74) is 5.69. The minimum absolute atomic E-state index is 0.103. The van der Waals surface area contributed by atoms with Crippen molar-refractivity contribution >= 4 is 9.84 Å². The highest BCUT2D eigenvalue weighted by Crippen LogP contribution is 2.23. The topological polar surface area (TPSA) is 63.4 Å². The molecule has 1 rings (SSSR count). The van der Waals surface area contributed by atoms with Crippen LogP contribution in [0, 0.1) is 0 Å². The Morgan fingerprint density at radius 2 is 2.07 bits per heavy atom. The van der Waals surface area contributed by atoms with Crippen molar-refractivity contribution in [3.8, 4) is 0 Å². The summed E-state index contributed by atoms with van der Waals surface area (Å²) in [4.78, 5) is 2.13. The molecule has 4 nitrogen and oxygen atoms in total. The first-order valence-electron chi connectivity index (χ1n) is 4.95. The van der Waals surface area contributed by atoms with E-state index in [0.717, 1.165) is 6.54 Å². The van der Waals surface area contributed by atoms with Crippen LogP contribution in [0.3, 0.4) is 0 Å². The van der Waals surface area contributed by atoms with Gasteiger partial charge in [0.15, 0.2) is 9.84 Å². The zero-order valence-corrected chi connectivity index (χ0v) is 9.97. The molecule has 1 aliphatic rings. The van der Waals surface area contributed by atoms with Gasteiger partial charge in [0.1, 0.15) is 0 Å². The second-order valence-electron chi connectivity index (χ2n) is 4.79. The van der Waals surface area contributed by atoms with E-state index in [2.05, 4.69) is 4.90 Å². The van der Waals surface area contributed by atoms with E-state index < -0.39 is 14.6 Å². The molecule has 0 amide bonds. The van der Waals surface area contributed by atoms with Crippen molar-refractivity contribution in [1.29, 1.82) is 0 Å². The molecule has 0 aliphatic carbocycles. The second kappa shape index (κ2) is 3.79. The van der Waals surface area contributed by atoms with Crippen molar-refractivity contribution < 1.29 is 8.42 Å². The molecule has 0 saturated carbocycles. The molecular weight excluding hydrogens is 200 g/mol. The number of nitrogens with two attached hydrogens (primary N) is 1. The molecule has 14 heavy (non-hydrogen) atoms. The molecule has 1 fully saturated rings. The van der Waals surface area contributed by atoms with Crippen LogP contribution >= 0.6 is 0 Å². The van der Waals surface area contributed by atoms with Crippen LogP contribution in [0.2, 0.25) is 0 Å². The van der Waals surface area contributed by atoms with Crippen LogP contribution in [0.4, 0.5) is 0 Å². The van der Waals surface area contributed by atoms with E-state index in [1.54, 1.807) is 13.8 Å². The fourth-order valence-electron chi connectivity index (χ4n) is 1.80. The monoisotopic (exact) mass is 220 g/mol. The van der Waals surface area contributed by atoms with Gasteiger partial charge in [0.2, 0.25) is 0 Å². The van der Waals surface area contributed by atoms with E-state index in [1.807, 2.05) is 6.92 Å². The van der Waals surface area contributed by atoms with Crippen LogP contribution in [0.15, 0.2) is 0 Å². The van der Waals surface area contributed by atoms with Gasteiger partial charge in [0, 0.05) is 25.7 Å². The van der Waals surface area contributed by atoms with E-state index in [9.17, 15) is 8.42 Å². The normalized spacial score (nSPS) is 28.6. The Labute approximate surface area is 86.4 Å². The van der Waals surface area contributed by atoms with Gasteiger partial charge in [-0.3, -0.25) is 4.90 Å². The zero-order valence-electron chi connectivity index (χ0n) is 9.16. The van der Waals surface area contributed by atoms with Crippen molar-refractivity contribution in [1.82, 2.24) is 4.90 Å². The van der Waals surface area contributed by atoms with Gasteiger partial charge in [-0.25, -0.2) is 8.42 Å². The fourth-order valence-corrected chi connectivity index (χ4v) is 3.23. The maximum absolute atomic E-state index is 11.7. The minimum atomic E-state index is -2.91. The van der Waals surface area contributed by atoms with Crippen LogP contribution < -0.4 is 5.73 Å². The number of hydrogen-bond acceptors (Lipinski definition) is 4. The first-order valence-corrected chi connectivity index (χ1v) is 6.60. The second-order valence-corrected chi connectivity index (χ2v) is 7.53. The average Bonchev–Trinajstić information content (AvgIpc) is 1.96. The van der Waals surface area contributed by atoms with Gasteiger partial charge in [-0.05, 0) is 20.8 Å². The molecule has 0 aromatic rings. The van der Waals surface area contributed by atoms with Gasteiger partial charge >= 0.3 is 0 Å². The molecule has 1 aliphatic heterocycles. The zero-order chi connectivity index (χ0) is 11.0. The van der Waals surface area contributed by atoms with Gasteiger partial charge in [0.25, 0.3) is 0 Å². The lowest BCUT2D eigenvalue weighted by Gasteiger charge is -2.38. The van der Waals surface area contributed by atoms with Crippen LogP contribution in [0.25, 0.3) is 0 Å². The molecule has 0 aromatic carbocycles. The van der Waals surface area contributed by atoms with Crippen LogP contribution in [-0.2, 0) is 9.84 Å². The van der Waals surface area contributed by atoms with Crippen molar-refractivity contribution in [2.75, 3.05) is 25.4 Å². The maximum Gasteiger partial charge on any atom is 0.157 e. The fraction of sp³-hybridized carbons (Fsp3) is 1.00. The molecule has 0 bridgehead atoms. The first-order chi connectivity index (χ1) is 6.24. The molecule has 1 atom stereocenters. The summed E-state index contributed by atoms with van der Waals surface area (Å²) in [6, 6.07) is 0.103. The molecule has 0 spiro atoms. The Morgan fingerprint density at radius 1 is 1.50 bits per heavy atom. The number of rotatable bonds is 2. The number of nitrogens with zero attached hydrogens (tertiary/aromatic N) is 1. The van der Waals surface area contributed by atoms with E-state index >= 15 is 0 Å². The smallest absolute Gasteiger partial charge is 0.157 e. The van der Waals surface area contributed by atoms with Crippen molar-refractivity contribution in [3.05, 3.63) is 0 Å². The lowest BCUT2D eigenvalue weighted by atomic mass is 10.1. The highest BCUT2D eigenvalue weighted by molar-refractivity contribution is 7.92. The number of sulfone groups is 1. The summed E-state index contributed by atoms with van der Waals surface area (Å²) in [6.45, 7) is 7.50. The highest BCUT2D eigenvalue weighted by atomic mass is 32.2. The summed E-state index contributed by atoms with van der Waals surface area (Å²) >= 11 is 0. The van der Waals surface area contributed by atoms with Gasteiger partial charge < -0.3 is 5.73 Å². The molecule has 5 heteroatoms. The third-order valence-corrected chi connectivity index (χ3v) is 5.20. The lowest BCUT2D eigenvalue weighted by molar-refractivity contribution is 0.239. The van der Waals surface area contributed by atoms with E-state index in [1.165, 1.54) is 0 Å². The van der Waals surface area contributed by atoms with E-state index in [0.29, 0.717) is 13.1 Å². The highest BCUT2D eigenvalue weighted by Gasteiger charge is 2.39. The van der Waals surface area contributed by atoms with Gasteiger partial charge in [-0.1, -0.05) is 0 Å². The average molecular weight is 220 g/mol. The molecule has 2 N–H and O–H groups in total. The third kappa shape index (κ3) is 2.46. The molecule has 0 aromatic heterocycles. The lowest BCUT2D eigenvalue weighted by Crippen LogP contribution is -2.54. The Hall–Kier alpha value is -0.130. The summed E-state index contributed by atoms with van der Waals surface area (Å²) in [5, 5.41) is 0. The number of hydrogen-bond donors (Lipinski definition) is 1. The maximum atomic E-state index is 11.7. The largest absolute Gasteiger partial charge is 0.327 e. The Morgan fingerprint density at radius 3 is 2.50 bits per heavy atom. The van der Waals surface area contributed by atoms with Crippen molar-refractivity contribution in [2.24, 2.45) is 5.73 Å². The molecule has 1 unspecified atom stereocenters. The first kappa shape index (κ1) is 11.9. The van der Waals surface area contributed by atoms with Crippen LogP contribution in [0.1, 0.15) is 20.8 Å². The summed E-state index contributed by atoms with van der Waals surface area (Å²) in [5.74, 6) is 0.257. The van der Waals surface area contributed by atoms with Crippen LogP contribution in [0.5, 0.6) is 0 Å². The molecular formula is C9H20N2O2S. The minimum Gasteiger partial charge on any atom is -0.327 e. The van der Waals surface area contributed by atoms with Crippen molar-refractivity contribution in [3.63, 3.8) is 0 Å². The summed E-state index contributed by atoms with van der Waals surface area (Å²) < 4.78 is 22.7. The van der Waals surface area contributed by atoms with Gasteiger partial charge in [0.05, 0.1) is 10.5 Å². The van der Waals surface area contributed by atoms with Crippen molar-refractivity contribution in [2.45, 2.75) is 31.6 Å².